The highest BCUT2D eigenvalue weighted by Crippen LogP contribution is 2.53. The first-order valence-electron chi connectivity index (χ1n) is 13.5. The Morgan fingerprint density at radius 1 is 0.975 bits per heavy atom. The Hall–Kier alpha value is -3.54. The molecule has 2 aromatic rings. The van der Waals surface area contributed by atoms with Crippen molar-refractivity contribution in [3.05, 3.63) is 65.2 Å². The van der Waals surface area contributed by atoms with Gasteiger partial charge in [-0.1, -0.05) is 24.6 Å². The van der Waals surface area contributed by atoms with E-state index in [9.17, 15) is 27.9 Å². The molecular formula is C29H34N4O6S. The van der Waals surface area contributed by atoms with Gasteiger partial charge in [-0.05, 0) is 64.2 Å². The maximum atomic E-state index is 14.2. The summed E-state index contributed by atoms with van der Waals surface area (Å²) in [5.74, 6) is -2.83. The molecule has 1 spiro atoms. The molecule has 0 aliphatic carbocycles. The largest absolute Gasteiger partial charge is 0.507 e. The Morgan fingerprint density at radius 2 is 1.62 bits per heavy atom. The Labute approximate surface area is 234 Å². The fourth-order valence-corrected chi connectivity index (χ4v) is 7.48. The number of ketones is 1. The summed E-state index contributed by atoms with van der Waals surface area (Å²) in [7, 11) is -0.0582. The molecule has 3 aliphatic heterocycles. The Balaban J connectivity index is 1.66. The van der Waals surface area contributed by atoms with Crippen molar-refractivity contribution in [3.63, 3.8) is 0 Å². The van der Waals surface area contributed by atoms with Crippen LogP contribution in [0.5, 0.6) is 0 Å². The summed E-state index contributed by atoms with van der Waals surface area (Å²) in [5, 5.41) is 11.6. The first kappa shape index (κ1) is 28.0. The number of aliphatic hydroxyl groups excluding tert-OH is 1. The van der Waals surface area contributed by atoms with E-state index in [2.05, 4.69) is 0 Å². The summed E-state index contributed by atoms with van der Waals surface area (Å²) in [4.78, 5) is 46.0. The highest BCUT2D eigenvalue weighted by atomic mass is 32.2. The number of carbonyl (C=O) groups excluding carboxylic acids is 3. The zero-order chi connectivity index (χ0) is 28.8. The molecule has 10 nitrogen and oxygen atoms in total. The van der Waals surface area contributed by atoms with Gasteiger partial charge in [0.1, 0.15) is 5.76 Å². The van der Waals surface area contributed by atoms with Gasteiger partial charge in [0, 0.05) is 43.9 Å². The van der Waals surface area contributed by atoms with E-state index in [1.165, 1.54) is 38.4 Å². The minimum absolute atomic E-state index is 0.0755. The predicted molar refractivity (Wildman–Crippen MR) is 150 cm³/mol. The van der Waals surface area contributed by atoms with Gasteiger partial charge in [0.25, 0.3) is 17.6 Å². The lowest BCUT2D eigenvalue weighted by Gasteiger charge is -2.35. The van der Waals surface area contributed by atoms with Crippen LogP contribution in [0.2, 0.25) is 0 Å². The van der Waals surface area contributed by atoms with Gasteiger partial charge >= 0.3 is 0 Å². The Bertz CT molecular complexity index is 1490. The number of Topliss-reactive ketones (excluding diaryl/α,β-unsaturated/α-hetero) is 1. The van der Waals surface area contributed by atoms with Gasteiger partial charge in [0.15, 0.2) is 5.54 Å². The van der Waals surface area contributed by atoms with Gasteiger partial charge in [-0.3, -0.25) is 14.4 Å². The second-order valence-electron chi connectivity index (χ2n) is 10.6. The van der Waals surface area contributed by atoms with Crippen LogP contribution in [0.3, 0.4) is 0 Å². The summed E-state index contributed by atoms with van der Waals surface area (Å²) in [6.07, 6.45) is 2.60. The zero-order valence-corrected chi connectivity index (χ0v) is 23.8. The van der Waals surface area contributed by atoms with Gasteiger partial charge in [-0.2, -0.15) is 4.31 Å². The lowest BCUT2D eigenvalue weighted by Crippen LogP contribution is -2.53. The molecule has 1 atom stereocenters. The molecule has 0 aromatic heterocycles. The number of likely N-dealkylation sites (N-methyl/N-ethyl adjacent to an activating group) is 2. The SMILES string of the molecule is CCN1C(=O)[C@@]2(C(=C(O)c3ccc(S(=O)(=O)N4CCCCC4)cc3)C(=O)C(=O)N2CCN(C)C)c2ccccc21. The number of rotatable bonds is 7. The number of hydrogen-bond acceptors (Lipinski definition) is 7. The summed E-state index contributed by atoms with van der Waals surface area (Å²) >= 11 is 0. The fraction of sp³-hybridized carbons (Fsp3) is 0.414. The van der Waals surface area contributed by atoms with Gasteiger partial charge in [-0.25, -0.2) is 8.42 Å². The minimum atomic E-state index is -3.71. The number of benzene rings is 2. The molecule has 5 rings (SSSR count). The molecule has 40 heavy (non-hydrogen) atoms. The van der Waals surface area contributed by atoms with Crippen molar-refractivity contribution in [1.82, 2.24) is 14.1 Å². The summed E-state index contributed by atoms with van der Waals surface area (Å²) in [6, 6.07) is 12.6. The van der Waals surface area contributed by atoms with Crippen molar-refractivity contribution in [1.29, 1.82) is 0 Å². The predicted octanol–water partition coefficient (Wildman–Crippen LogP) is 2.37. The fourth-order valence-electron chi connectivity index (χ4n) is 5.96. The highest BCUT2D eigenvalue weighted by molar-refractivity contribution is 7.89. The van der Waals surface area contributed by atoms with Crippen LogP contribution in [-0.2, 0) is 29.9 Å². The number of carbonyl (C=O) groups is 3. The van der Waals surface area contributed by atoms with E-state index in [0.717, 1.165) is 19.3 Å². The summed E-state index contributed by atoms with van der Waals surface area (Å²) < 4.78 is 27.7. The van der Waals surface area contributed by atoms with Crippen LogP contribution in [-0.4, -0.2) is 92.0 Å². The number of piperidine rings is 1. The number of para-hydroxylation sites is 1. The van der Waals surface area contributed by atoms with Crippen LogP contribution in [0.1, 0.15) is 37.3 Å². The Morgan fingerprint density at radius 3 is 2.25 bits per heavy atom. The van der Waals surface area contributed by atoms with Gasteiger partial charge in [0.2, 0.25) is 10.0 Å². The van der Waals surface area contributed by atoms with E-state index in [-0.39, 0.29) is 22.6 Å². The molecule has 0 unspecified atom stereocenters. The smallest absolute Gasteiger partial charge is 0.296 e. The highest BCUT2D eigenvalue weighted by Gasteiger charge is 2.66. The quantitative estimate of drug-likeness (QED) is 0.311. The summed E-state index contributed by atoms with van der Waals surface area (Å²) in [6.45, 7) is 3.49. The van der Waals surface area contributed by atoms with Crippen LogP contribution in [0.25, 0.3) is 5.76 Å². The van der Waals surface area contributed by atoms with Crippen molar-refractivity contribution in [2.45, 2.75) is 36.6 Å². The number of amides is 2. The molecule has 0 radical (unpaired) electrons. The Kier molecular flexibility index (Phi) is 7.32. The molecule has 1 N–H and O–H groups in total. The van der Waals surface area contributed by atoms with Crippen molar-refractivity contribution in [2.24, 2.45) is 0 Å². The van der Waals surface area contributed by atoms with Gasteiger partial charge in [-0.15, -0.1) is 0 Å². The van der Waals surface area contributed by atoms with Crippen LogP contribution in [0, 0.1) is 0 Å². The lowest BCUT2D eigenvalue weighted by atomic mass is 9.82. The number of hydrogen-bond donors (Lipinski definition) is 1. The third-order valence-electron chi connectivity index (χ3n) is 7.98. The molecule has 3 aliphatic rings. The molecule has 2 aromatic carbocycles. The van der Waals surface area contributed by atoms with Crippen molar-refractivity contribution in [2.75, 3.05) is 51.7 Å². The van der Waals surface area contributed by atoms with E-state index >= 15 is 0 Å². The number of anilines is 1. The van der Waals surface area contributed by atoms with Crippen LogP contribution in [0.15, 0.2) is 59.0 Å². The number of nitrogens with zero attached hydrogens (tertiary/aromatic N) is 4. The first-order chi connectivity index (χ1) is 19.1. The molecule has 2 fully saturated rings. The van der Waals surface area contributed by atoms with Crippen molar-refractivity contribution >= 4 is 39.1 Å². The first-order valence-corrected chi connectivity index (χ1v) is 15.0. The van der Waals surface area contributed by atoms with E-state index in [4.69, 9.17) is 0 Å². The van der Waals surface area contributed by atoms with Crippen LogP contribution >= 0.6 is 0 Å². The van der Waals surface area contributed by atoms with Crippen molar-refractivity contribution < 1.29 is 27.9 Å². The molecule has 212 valence electrons. The second-order valence-corrected chi connectivity index (χ2v) is 12.5. The van der Waals surface area contributed by atoms with E-state index in [0.29, 0.717) is 37.4 Å². The number of fused-ring (bicyclic) bond motifs is 2. The topological polar surface area (TPSA) is 119 Å². The molecule has 2 amide bonds. The van der Waals surface area contributed by atoms with Crippen molar-refractivity contribution in [3.8, 4) is 0 Å². The normalized spacial score (nSPS) is 23.1. The molecule has 0 saturated carbocycles. The average molecular weight is 567 g/mol. The average Bonchev–Trinajstić information content (AvgIpc) is 3.34. The molecule has 11 heteroatoms. The molecule has 3 heterocycles. The number of aliphatic hydroxyl groups is 1. The minimum Gasteiger partial charge on any atom is -0.507 e. The maximum absolute atomic E-state index is 14.2. The lowest BCUT2D eigenvalue weighted by molar-refractivity contribution is -0.143. The molecule has 2 saturated heterocycles. The molecular weight excluding hydrogens is 532 g/mol. The van der Waals surface area contributed by atoms with E-state index in [1.807, 2.05) is 19.0 Å². The molecule has 0 bridgehead atoms. The monoisotopic (exact) mass is 566 g/mol. The zero-order valence-electron chi connectivity index (χ0n) is 23.0. The summed E-state index contributed by atoms with van der Waals surface area (Å²) in [5.41, 5.74) is -0.982. The van der Waals surface area contributed by atoms with Gasteiger partial charge < -0.3 is 19.8 Å². The number of likely N-dealkylation sites (tertiary alicyclic amines) is 1. The third-order valence-corrected chi connectivity index (χ3v) is 9.89. The van der Waals surface area contributed by atoms with Gasteiger partial charge in [0.05, 0.1) is 16.2 Å². The van der Waals surface area contributed by atoms with E-state index in [1.54, 1.807) is 31.2 Å². The van der Waals surface area contributed by atoms with Crippen LogP contribution < -0.4 is 4.90 Å². The van der Waals surface area contributed by atoms with E-state index < -0.39 is 38.9 Å². The standard InChI is InChI=1S/C29H34N4O6S/c1-4-32-23-11-7-6-10-22(23)29(28(32)37)24(26(35)27(36)33(29)19-18-30(2)3)25(34)20-12-14-21(15-13-20)40(38,39)31-16-8-5-9-17-31/h6-7,10-15,34H,4-5,8-9,16-19H2,1-3H3/t29-/m0/s1. The second kappa shape index (κ2) is 10.5. The van der Waals surface area contributed by atoms with Crippen LogP contribution in [0.4, 0.5) is 5.69 Å². The third kappa shape index (κ3) is 4.15. The maximum Gasteiger partial charge on any atom is 0.296 e. The number of sulfonamides is 1.